The summed E-state index contributed by atoms with van der Waals surface area (Å²) < 4.78 is 10.6. The van der Waals surface area contributed by atoms with Crippen LogP contribution in [0.3, 0.4) is 0 Å². The van der Waals surface area contributed by atoms with Crippen LogP contribution in [0.25, 0.3) is 0 Å². The van der Waals surface area contributed by atoms with Gasteiger partial charge in [0.2, 0.25) is 0 Å². The van der Waals surface area contributed by atoms with Gasteiger partial charge in [-0.25, -0.2) is 4.79 Å². The van der Waals surface area contributed by atoms with Gasteiger partial charge in [-0.2, -0.15) is 0 Å². The highest BCUT2D eigenvalue weighted by molar-refractivity contribution is 5.95. The Bertz CT molecular complexity index is 791. The van der Waals surface area contributed by atoms with E-state index >= 15 is 0 Å². The fourth-order valence-corrected chi connectivity index (χ4v) is 2.31. The lowest BCUT2D eigenvalue weighted by atomic mass is 9.87. The average Bonchev–Trinajstić information content (AvgIpc) is 2.59. The first-order valence-electron chi connectivity index (χ1n) is 8.15. The number of aromatic carboxylic acids is 1. The number of carbonyl (C=O) groups excluding carboxylic acids is 1. The largest absolute Gasteiger partial charge is 0.495 e. The second-order valence-corrected chi connectivity index (χ2v) is 6.83. The maximum Gasteiger partial charge on any atom is 0.335 e. The molecule has 6 nitrogen and oxygen atoms in total. The zero-order valence-corrected chi connectivity index (χ0v) is 15.3. The van der Waals surface area contributed by atoms with Gasteiger partial charge in [-0.1, -0.05) is 32.9 Å². The first kappa shape index (κ1) is 19.3. The fourth-order valence-electron chi connectivity index (χ4n) is 2.31. The van der Waals surface area contributed by atoms with Gasteiger partial charge in [-0.3, -0.25) is 4.79 Å². The summed E-state index contributed by atoms with van der Waals surface area (Å²) in [5, 5.41) is 11.6. The van der Waals surface area contributed by atoms with Crippen LogP contribution >= 0.6 is 0 Å². The van der Waals surface area contributed by atoms with Gasteiger partial charge in [-0.05, 0) is 41.3 Å². The molecule has 0 bridgehead atoms. The number of carboxylic acids is 1. The maximum absolute atomic E-state index is 12.1. The van der Waals surface area contributed by atoms with Gasteiger partial charge in [0, 0.05) is 0 Å². The van der Waals surface area contributed by atoms with Gasteiger partial charge < -0.3 is 19.9 Å². The van der Waals surface area contributed by atoms with Crippen molar-refractivity contribution in [3.05, 3.63) is 53.6 Å². The molecule has 0 saturated carbocycles. The molecule has 0 saturated heterocycles. The maximum atomic E-state index is 12.1. The average molecular weight is 357 g/mol. The van der Waals surface area contributed by atoms with Gasteiger partial charge in [0.1, 0.15) is 11.5 Å². The zero-order chi connectivity index (χ0) is 19.3. The first-order valence-corrected chi connectivity index (χ1v) is 8.15. The third-order valence-corrected chi connectivity index (χ3v) is 3.81. The second kappa shape index (κ2) is 7.91. The second-order valence-electron chi connectivity index (χ2n) is 6.83. The predicted molar refractivity (Wildman–Crippen MR) is 99.2 cm³/mol. The van der Waals surface area contributed by atoms with E-state index in [-0.39, 0.29) is 29.2 Å². The number of methoxy groups -OCH3 is 1. The Morgan fingerprint density at radius 2 is 1.73 bits per heavy atom. The molecule has 0 aliphatic carbocycles. The van der Waals surface area contributed by atoms with Crippen LogP contribution in [0.15, 0.2) is 42.5 Å². The number of benzene rings is 2. The van der Waals surface area contributed by atoms with E-state index in [1.165, 1.54) is 30.9 Å². The van der Waals surface area contributed by atoms with Gasteiger partial charge in [0.15, 0.2) is 6.61 Å². The summed E-state index contributed by atoms with van der Waals surface area (Å²) in [7, 11) is 1.41. The van der Waals surface area contributed by atoms with Crippen LogP contribution in [-0.4, -0.2) is 30.7 Å². The molecule has 2 rings (SSSR count). The highest BCUT2D eigenvalue weighted by Crippen LogP contribution is 2.26. The summed E-state index contributed by atoms with van der Waals surface area (Å²) in [6.45, 7) is 6.21. The fraction of sp³-hybridized carbons (Fsp3) is 0.300. The molecule has 0 unspecified atom stereocenters. The standard InChI is InChI=1S/C20H23NO5/c1-20(2,3)14-6-8-15(9-7-14)26-12-18(22)21-16-10-5-13(19(23)24)11-17(16)25-4/h5-11H,12H2,1-4H3,(H,21,22)(H,23,24). The van der Waals surface area contributed by atoms with Crippen LogP contribution in [0.5, 0.6) is 11.5 Å². The van der Waals surface area contributed by atoms with Crippen molar-refractivity contribution in [3.8, 4) is 11.5 Å². The highest BCUT2D eigenvalue weighted by atomic mass is 16.5. The Balaban J connectivity index is 1.98. The van der Waals surface area contributed by atoms with Gasteiger partial charge in [-0.15, -0.1) is 0 Å². The van der Waals surface area contributed by atoms with E-state index in [1.807, 2.05) is 24.3 Å². The Labute approximate surface area is 152 Å². The lowest BCUT2D eigenvalue weighted by Gasteiger charge is -2.19. The number of hydrogen-bond acceptors (Lipinski definition) is 4. The Morgan fingerprint density at radius 3 is 2.27 bits per heavy atom. The van der Waals surface area contributed by atoms with Crippen LogP contribution in [0, 0.1) is 0 Å². The van der Waals surface area contributed by atoms with E-state index in [0.717, 1.165) is 0 Å². The molecule has 0 spiro atoms. The number of nitrogens with one attached hydrogen (secondary N) is 1. The van der Waals surface area contributed by atoms with Crippen LogP contribution < -0.4 is 14.8 Å². The molecule has 0 fully saturated rings. The van der Waals surface area contributed by atoms with Crippen molar-refractivity contribution in [1.82, 2.24) is 0 Å². The molecule has 0 aromatic heterocycles. The van der Waals surface area contributed by atoms with E-state index in [2.05, 4.69) is 26.1 Å². The van der Waals surface area contributed by atoms with E-state index in [1.54, 1.807) is 0 Å². The zero-order valence-electron chi connectivity index (χ0n) is 15.3. The summed E-state index contributed by atoms with van der Waals surface area (Å²) in [4.78, 5) is 23.1. The SMILES string of the molecule is COc1cc(C(=O)O)ccc1NC(=O)COc1ccc(C(C)(C)C)cc1. The van der Waals surface area contributed by atoms with E-state index in [0.29, 0.717) is 11.4 Å². The molecule has 26 heavy (non-hydrogen) atoms. The minimum Gasteiger partial charge on any atom is -0.495 e. The van der Waals surface area contributed by atoms with Crippen molar-refractivity contribution in [2.24, 2.45) is 0 Å². The topological polar surface area (TPSA) is 84.9 Å². The summed E-state index contributed by atoms with van der Waals surface area (Å²) in [5.74, 6) is -0.566. The van der Waals surface area contributed by atoms with Crippen molar-refractivity contribution in [1.29, 1.82) is 0 Å². The van der Waals surface area contributed by atoms with Crippen molar-refractivity contribution in [2.75, 3.05) is 19.0 Å². The quantitative estimate of drug-likeness (QED) is 0.823. The van der Waals surface area contributed by atoms with Crippen molar-refractivity contribution in [2.45, 2.75) is 26.2 Å². The minimum atomic E-state index is -1.07. The third kappa shape index (κ3) is 4.99. The minimum absolute atomic E-state index is 0.0502. The molecular formula is C20H23NO5. The number of ether oxygens (including phenoxy) is 2. The lowest BCUT2D eigenvalue weighted by molar-refractivity contribution is -0.118. The number of carbonyl (C=O) groups is 2. The van der Waals surface area contributed by atoms with Gasteiger partial charge in [0.05, 0.1) is 18.4 Å². The Morgan fingerprint density at radius 1 is 1.08 bits per heavy atom. The molecular weight excluding hydrogens is 334 g/mol. The number of hydrogen-bond donors (Lipinski definition) is 2. The molecule has 6 heteroatoms. The van der Waals surface area contributed by atoms with Gasteiger partial charge in [0.25, 0.3) is 5.91 Å². The van der Waals surface area contributed by atoms with E-state index in [4.69, 9.17) is 14.6 Å². The van der Waals surface area contributed by atoms with Crippen LogP contribution in [0.4, 0.5) is 5.69 Å². The molecule has 0 aliphatic heterocycles. The van der Waals surface area contributed by atoms with Crippen molar-refractivity contribution >= 4 is 17.6 Å². The van der Waals surface area contributed by atoms with Gasteiger partial charge >= 0.3 is 5.97 Å². The van der Waals surface area contributed by atoms with Crippen LogP contribution in [0.2, 0.25) is 0 Å². The summed E-state index contributed by atoms with van der Waals surface area (Å²) in [6.07, 6.45) is 0. The summed E-state index contributed by atoms with van der Waals surface area (Å²) in [6, 6.07) is 11.8. The van der Waals surface area contributed by atoms with E-state index < -0.39 is 5.97 Å². The summed E-state index contributed by atoms with van der Waals surface area (Å²) >= 11 is 0. The summed E-state index contributed by atoms with van der Waals surface area (Å²) in [5.41, 5.74) is 1.69. The Hall–Kier alpha value is -3.02. The molecule has 0 radical (unpaired) electrons. The first-order chi connectivity index (χ1) is 12.2. The third-order valence-electron chi connectivity index (χ3n) is 3.81. The molecule has 138 valence electrons. The smallest absolute Gasteiger partial charge is 0.335 e. The number of carboxylic acid groups (broad SMARTS) is 1. The van der Waals surface area contributed by atoms with Crippen molar-refractivity contribution in [3.63, 3.8) is 0 Å². The monoisotopic (exact) mass is 357 g/mol. The normalized spacial score (nSPS) is 10.9. The molecule has 2 aromatic rings. The molecule has 0 heterocycles. The van der Waals surface area contributed by atoms with Crippen molar-refractivity contribution < 1.29 is 24.2 Å². The van der Waals surface area contributed by atoms with E-state index in [9.17, 15) is 9.59 Å². The number of rotatable bonds is 6. The molecule has 2 aromatic carbocycles. The highest BCUT2D eigenvalue weighted by Gasteiger charge is 2.14. The molecule has 2 N–H and O–H groups in total. The predicted octanol–water partition coefficient (Wildman–Crippen LogP) is 3.71. The lowest BCUT2D eigenvalue weighted by Crippen LogP contribution is -2.20. The number of amides is 1. The van der Waals surface area contributed by atoms with Crippen LogP contribution in [0.1, 0.15) is 36.7 Å². The molecule has 1 amide bonds. The molecule has 0 aliphatic rings. The molecule has 0 atom stereocenters. The van der Waals surface area contributed by atoms with Crippen LogP contribution in [-0.2, 0) is 10.2 Å². The Kier molecular flexibility index (Phi) is 5.87. The number of anilines is 1.